The Labute approximate surface area is 165 Å². The Morgan fingerprint density at radius 2 is 2.07 bits per heavy atom. The van der Waals surface area contributed by atoms with Gasteiger partial charge in [-0.25, -0.2) is 13.1 Å². The van der Waals surface area contributed by atoms with Gasteiger partial charge in [0.15, 0.2) is 0 Å². The number of rotatable bonds is 7. The van der Waals surface area contributed by atoms with E-state index in [4.69, 9.17) is 4.74 Å². The molecule has 1 N–H and O–H groups in total. The maximum absolute atomic E-state index is 12.7. The van der Waals surface area contributed by atoms with Crippen molar-refractivity contribution < 1.29 is 17.9 Å². The lowest BCUT2D eigenvalue weighted by molar-refractivity contribution is 0.0676. The summed E-state index contributed by atoms with van der Waals surface area (Å²) in [5, 5.41) is 4.15. The van der Waals surface area contributed by atoms with E-state index in [0.717, 1.165) is 12.8 Å². The van der Waals surface area contributed by atoms with E-state index >= 15 is 0 Å². The van der Waals surface area contributed by atoms with E-state index in [0.29, 0.717) is 37.5 Å². The van der Waals surface area contributed by atoms with Gasteiger partial charge in [-0.05, 0) is 49.9 Å². The Morgan fingerprint density at radius 3 is 2.71 bits per heavy atom. The van der Waals surface area contributed by atoms with Crippen molar-refractivity contribution in [3.63, 3.8) is 0 Å². The number of ether oxygens (including phenoxy) is 1. The zero-order chi connectivity index (χ0) is 20.1. The number of hydrogen-bond acceptors (Lipinski definition) is 5. The molecule has 3 rings (SSSR count). The second-order valence-electron chi connectivity index (χ2n) is 6.87. The van der Waals surface area contributed by atoms with Crippen LogP contribution in [0.2, 0.25) is 0 Å². The highest BCUT2D eigenvalue weighted by atomic mass is 32.2. The fourth-order valence-corrected chi connectivity index (χ4v) is 4.43. The van der Waals surface area contributed by atoms with Gasteiger partial charge in [0.1, 0.15) is 5.75 Å². The summed E-state index contributed by atoms with van der Waals surface area (Å²) in [6.45, 7) is 4.18. The van der Waals surface area contributed by atoms with Crippen LogP contribution in [0, 0.1) is 5.92 Å². The number of piperidine rings is 1. The van der Waals surface area contributed by atoms with E-state index in [2.05, 4.69) is 9.82 Å². The minimum Gasteiger partial charge on any atom is -0.497 e. The Balaban J connectivity index is 1.59. The molecule has 0 radical (unpaired) electrons. The fourth-order valence-electron chi connectivity index (χ4n) is 3.31. The van der Waals surface area contributed by atoms with Crippen molar-refractivity contribution in [1.82, 2.24) is 19.4 Å². The molecule has 1 saturated heterocycles. The van der Waals surface area contributed by atoms with Crippen LogP contribution in [0.4, 0.5) is 0 Å². The Morgan fingerprint density at radius 1 is 1.32 bits per heavy atom. The first-order valence-corrected chi connectivity index (χ1v) is 10.9. The van der Waals surface area contributed by atoms with Gasteiger partial charge in [0, 0.05) is 32.4 Å². The van der Waals surface area contributed by atoms with Gasteiger partial charge in [-0.3, -0.25) is 9.48 Å². The molecule has 9 heteroatoms. The minimum atomic E-state index is -3.60. The number of carbonyl (C=O) groups excluding carboxylic acids is 1. The van der Waals surface area contributed by atoms with Gasteiger partial charge in [0.05, 0.1) is 23.8 Å². The van der Waals surface area contributed by atoms with Crippen LogP contribution in [0.3, 0.4) is 0 Å². The lowest BCUT2D eigenvalue weighted by atomic mass is 9.98. The molecule has 1 amide bonds. The van der Waals surface area contributed by atoms with E-state index in [1.165, 1.54) is 19.2 Å². The number of methoxy groups -OCH3 is 1. The monoisotopic (exact) mass is 406 g/mol. The molecule has 2 heterocycles. The molecule has 1 atom stereocenters. The molecule has 28 heavy (non-hydrogen) atoms. The molecule has 1 aliphatic rings. The van der Waals surface area contributed by atoms with Gasteiger partial charge in [-0.1, -0.05) is 0 Å². The van der Waals surface area contributed by atoms with E-state index in [1.807, 2.05) is 6.92 Å². The third-order valence-corrected chi connectivity index (χ3v) is 6.38. The number of benzene rings is 1. The lowest BCUT2D eigenvalue weighted by Gasteiger charge is -2.32. The second-order valence-corrected chi connectivity index (χ2v) is 8.64. The Hall–Kier alpha value is -2.39. The maximum atomic E-state index is 12.7. The molecule has 152 valence electrons. The van der Waals surface area contributed by atoms with Crippen molar-refractivity contribution in [2.24, 2.45) is 5.92 Å². The van der Waals surface area contributed by atoms with Crippen LogP contribution in [0.5, 0.6) is 5.75 Å². The van der Waals surface area contributed by atoms with Gasteiger partial charge in [0.25, 0.3) is 5.91 Å². The number of nitrogens with zero attached hydrogens (tertiary/aromatic N) is 3. The molecule has 0 spiro atoms. The fraction of sp³-hybridized carbons (Fsp3) is 0.474. The normalized spacial score (nSPS) is 17.5. The van der Waals surface area contributed by atoms with Gasteiger partial charge in [0.2, 0.25) is 10.0 Å². The molecular weight excluding hydrogens is 380 g/mol. The van der Waals surface area contributed by atoms with Crippen LogP contribution >= 0.6 is 0 Å². The van der Waals surface area contributed by atoms with Crippen molar-refractivity contribution in [1.29, 1.82) is 0 Å². The van der Waals surface area contributed by atoms with Crippen LogP contribution in [-0.2, 0) is 16.6 Å². The summed E-state index contributed by atoms with van der Waals surface area (Å²) in [7, 11) is -2.06. The molecule has 0 saturated carbocycles. The third-order valence-electron chi connectivity index (χ3n) is 4.94. The van der Waals surface area contributed by atoms with E-state index in [1.54, 1.807) is 34.1 Å². The van der Waals surface area contributed by atoms with Crippen LogP contribution in [0.1, 0.15) is 30.1 Å². The largest absolute Gasteiger partial charge is 0.497 e. The smallest absolute Gasteiger partial charge is 0.257 e. The predicted octanol–water partition coefficient (Wildman–Crippen LogP) is 1.74. The lowest BCUT2D eigenvalue weighted by Crippen LogP contribution is -2.43. The number of nitrogens with one attached hydrogen (secondary N) is 1. The average Bonchev–Trinajstić information content (AvgIpc) is 3.21. The predicted molar refractivity (Wildman–Crippen MR) is 105 cm³/mol. The van der Waals surface area contributed by atoms with Gasteiger partial charge in [-0.2, -0.15) is 5.10 Å². The maximum Gasteiger partial charge on any atom is 0.257 e. The molecule has 2 aromatic rings. The third kappa shape index (κ3) is 4.71. The molecule has 1 aromatic carbocycles. The van der Waals surface area contributed by atoms with E-state index in [9.17, 15) is 13.2 Å². The highest BCUT2D eigenvalue weighted by Crippen LogP contribution is 2.20. The number of sulfonamides is 1. The highest BCUT2D eigenvalue weighted by molar-refractivity contribution is 7.89. The number of amides is 1. The molecule has 0 aliphatic carbocycles. The average molecular weight is 407 g/mol. The van der Waals surface area contributed by atoms with E-state index < -0.39 is 10.0 Å². The summed E-state index contributed by atoms with van der Waals surface area (Å²) in [6, 6.07) is 6.27. The van der Waals surface area contributed by atoms with Crippen molar-refractivity contribution in [3.8, 4) is 5.75 Å². The number of carbonyl (C=O) groups is 1. The quantitative estimate of drug-likeness (QED) is 0.756. The summed E-state index contributed by atoms with van der Waals surface area (Å²) < 4.78 is 34.5. The summed E-state index contributed by atoms with van der Waals surface area (Å²) in [5.74, 6) is 0.626. The van der Waals surface area contributed by atoms with E-state index in [-0.39, 0.29) is 16.7 Å². The van der Waals surface area contributed by atoms with Crippen molar-refractivity contribution in [3.05, 3.63) is 42.2 Å². The standard InChI is InChI=1S/C19H26N4O4S/c1-3-23-14-16(12-20-23)19(24)22-10-4-5-15(13-22)11-21-28(25,26)18-8-6-17(27-2)7-9-18/h6-9,12,14-15,21H,3-5,10-11,13H2,1-2H3. The van der Waals surface area contributed by atoms with Crippen molar-refractivity contribution >= 4 is 15.9 Å². The SMILES string of the molecule is CCn1cc(C(=O)N2CCCC(CNS(=O)(=O)c3ccc(OC)cc3)C2)cn1. The topological polar surface area (TPSA) is 93.5 Å². The van der Waals surface area contributed by atoms with Gasteiger partial charge < -0.3 is 9.64 Å². The van der Waals surface area contributed by atoms with Gasteiger partial charge in [-0.15, -0.1) is 0 Å². The first-order chi connectivity index (χ1) is 13.4. The molecule has 1 fully saturated rings. The molecule has 1 aromatic heterocycles. The molecular formula is C19H26N4O4S. The molecule has 8 nitrogen and oxygen atoms in total. The number of hydrogen-bond donors (Lipinski definition) is 1. The number of likely N-dealkylation sites (tertiary alicyclic amines) is 1. The summed E-state index contributed by atoms with van der Waals surface area (Å²) in [6.07, 6.45) is 5.06. The first-order valence-electron chi connectivity index (χ1n) is 9.38. The first kappa shape index (κ1) is 20.3. The Kier molecular flexibility index (Phi) is 6.35. The van der Waals surface area contributed by atoms with Crippen molar-refractivity contribution in [2.75, 3.05) is 26.7 Å². The second kappa shape index (κ2) is 8.74. The summed E-state index contributed by atoms with van der Waals surface area (Å²) in [5.41, 5.74) is 0.571. The Bertz CT molecular complexity index is 908. The van der Waals surface area contributed by atoms with Crippen LogP contribution < -0.4 is 9.46 Å². The zero-order valence-electron chi connectivity index (χ0n) is 16.2. The van der Waals surface area contributed by atoms with Gasteiger partial charge >= 0.3 is 0 Å². The molecule has 1 unspecified atom stereocenters. The number of aryl methyl sites for hydroxylation is 1. The summed E-state index contributed by atoms with van der Waals surface area (Å²) >= 11 is 0. The minimum absolute atomic E-state index is 0.0533. The van der Waals surface area contributed by atoms with Crippen molar-refractivity contribution in [2.45, 2.75) is 31.2 Å². The number of aromatic nitrogens is 2. The zero-order valence-corrected chi connectivity index (χ0v) is 17.0. The highest BCUT2D eigenvalue weighted by Gasteiger charge is 2.26. The van der Waals surface area contributed by atoms with Crippen LogP contribution in [0.15, 0.2) is 41.6 Å². The van der Waals surface area contributed by atoms with Crippen LogP contribution in [-0.4, -0.2) is 55.7 Å². The molecule has 0 bridgehead atoms. The molecule has 1 aliphatic heterocycles. The van der Waals surface area contributed by atoms with Crippen LogP contribution in [0.25, 0.3) is 0 Å². The summed E-state index contributed by atoms with van der Waals surface area (Å²) in [4.78, 5) is 14.7.